The van der Waals surface area contributed by atoms with Crippen LogP contribution in [-0.4, -0.2) is 57.5 Å². The number of phenols is 1. The maximum absolute atomic E-state index is 13.2. The molecule has 3 N–H and O–H groups in total. The van der Waals surface area contributed by atoms with Gasteiger partial charge in [-0.05, 0) is 30.7 Å². The number of ether oxygens (including phenoxy) is 1. The van der Waals surface area contributed by atoms with Crippen LogP contribution in [-0.2, 0) is 16.1 Å². The predicted molar refractivity (Wildman–Crippen MR) is 121 cm³/mol. The Bertz CT molecular complexity index is 1110. The van der Waals surface area contributed by atoms with Crippen molar-refractivity contribution in [1.82, 2.24) is 9.88 Å². The number of H-pyrrole nitrogens is 1. The number of Topliss-reactive ketones (excluding diaryl/α,β-unsaturated/α-hetero) is 1. The van der Waals surface area contributed by atoms with Gasteiger partial charge in [0.2, 0.25) is 0 Å². The molecule has 0 saturated carbocycles. The third-order valence-electron chi connectivity index (χ3n) is 5.19. The standard InChI is InChI=1S/C23H24N2O6.ClH/c1-14(10-21(28)31-2)25(12-15-6-4-3-5-7-15)13-20(27)16-8-9-19(26)22-17(16)11-18(24-22)23(29)30;/h3-9,11,14,24,26H,10,12-13H2,1-2H3,(H,29,30);1H. The molecule has 2 aromatic carbocycles. The molecule has 0 spiro atoms. The number of carboxylic acid groups (broad SMARTS) is 1. The second-order valence-electron chi connectivity index (χ2n) is 7.35. The first-order chi connectivity index (χ1) is 14.8. The molecule has 8 nitrogen and oxygen atoms in total. The lowest BCUT2D eigenvalue weighted by Crippen LogP contribution is -2.38. The molecule has 1 atom stereocenters. The number of hydrogen-bond donors (Lipinski definition) is 3. The van der Waals surface area contributed by atoms with E-state index in [1.54, 1.807) is 0 Å². The van der Waals surface area contributed by atoms with Gasteiger partial charge in [0.05, 0.1) is 25.6 Å². The molecule has 1 heterocycles. The lowest BCUT2D eigenvalue weighted by molar-refractivity contribution is -0.141. The van der Waals surface area contributed by atoms with Crippen LogP contribution >= 0.6 is 12.4 Å². The molecule has 170 valence electrons. The summed E-state index contributed by atoms with van der Waals surface area (Å²) in [5, 5.41) is 19.6. The van der Waals surface area contributed by atoms with Crippen LogP contribution in [0, 0.1) is 0 Å². The van der Waals surface area contributed by atoms with Gasteiger partial charge in [0.25, 0.3) is 0 Å². The summed E-state index contributed by atoms with van der Waals surface area (Å²) in [7, 11) is 1.32. The quantitative estimate of drug-likeness (QED) is 0.329. The first-order valence-electron chi connectivity index (χ1n) is 9.76. The fourth-order valence-electron chi connectivity index (χ4n) is 3.47. The van der Waals surface area contributed by atoms with Gasteiger partial charge in [0.15, 0.2) is 5.78 Å². The molecule has 3 rings (SSSR count). The van der Waals surface area contributed by atoms with Gasteiger partial charge >= 0.3 is 11.9 Å². The third-order valence-corrected chi connectivity index (χ3v) is 5.19. The molecule has 0 radical (unpaired) electrons. The van der Waals surface area contributed by atoms with Crippen LogP contribution in [0.4, 0.5) is 0 Å². The number of aromatic nitrogens is 1. The van der Waals surface area contributed by atoms with Gasteiger partial charge in [-0.15, -0.1) is 12.4 Å². The summed E-state index contributed by atoms with van der Waals surface area (Å²) in [6.45, 7) is 2.29. The lowest BCUT2D eigenvalue weighted by Gasteiger charge is -2.28. The summed E-state index contributed by atoms with van der Waals surface area (Å²) in [6, 6.07) is 13.5. The number of carboxylic acids is 1. The van der Waals surface area contributed by atoms with Crippen molar-refractivity contribution < 1.29 is 29.3 Å². The normalized spacial score (nSPS) is 11.7. The highest BCUT2D eigenvalue weighted by atomic mass is 35.5. The van der Waals surface area contributed by atoms with E-state index in [0.29, 0.717) is 17.5 Å². The van der Waals surface area contributed by atoms with E-state index in [1.165, 1.54) is 25.3 Å². The number of halogens is 1. The number of nitrogens with one attached hydrogen (secondary N) is 1. The molecular formula is C23H25ClN2O6. The molecule has 1 aromatic heterocycles. The molecule has 0 saturated heterocycles. The second kappa shape index (κ2) is 10.8. The van der Waals surface area contributed by atoms with Crippen LogP contribution < -0.4 is 0 Å². The Hall–Kier alpha value is -3.36. The summed E-state index contributed by atoms with van der Waals surface area (Å²) in [6.07, 6.45) is 0.120. The van der Waals surface area contributed by atoms with Crippen LogP contribution in [0.15, 0.2) is 48.5 Å². The highest BCUT2D eigenvalue weighted by Crippen LogP contribution is 2.29. The summed E-state index contributed by atoms with van der Waals surface area (Å²) in [5.74, 6) is -1.96. The molecule has 1 unspecified atom stereocenters. The van der Waals surface area contributed by atoms with Crippen molar-refractivity contribution >= 4 is 41.0 Å². The zero-order valence-electron chi connectivity index (χ0n) is 17.7. The number of nitrogens with zero attached hydrogens (tertiary/aromatic N) is 1. The fourth-order valence-corrected chi connectivity index (χ4v) is 3.47. The van der Waals surface area contributed by atoms with Crippen molar-refractivity contribution in [2.45, 2.75) is 25.9 Å². The third kappa shape index (κ3) is 5.66. The monoisotopic (exact) mass is 460 g/mol. The van der Waals surface area contributed by atoms with E-state index < -0.39 is 5.97 Å². The Morgan fingerprint density at radius 1 is 1.12 bits per heavy atom. The number of aromatic amines is 1. The molecule has 0 bridgehead atoms. The van der Waals surface area contributed by atoms with Crippen molar-refractivity contribution in [3.63, 3.8) is 0 Å². The van der Waals surface area contributed by atoms with Crippen molar-refractivity contribution in [2.75, 3.05) is 13.7 Å². The molecule has 0 aliphatic rings. The minimum atomic E-state index is -1.19. The topological polar surface area (TPSA) is 120 Å². The summed E-state index contributed by atoms with van der Waals surface area (Å²) in [4.78, 5) is 40.8. The molecule has 0 aliphatic carbocycles. The van der Waals surface area contributed by atoms with Crippen LogP contribution in [0.1, 0.15) is 39.8 Å². The zero-order chi connectivity index (χ0) is 22.5. The van der Waals surface area contributed by atoms with E-state index in [0.717, 1.165) is 5.56 Å². The Morgan fingerprint density at radius 3 is 2.44 bits per heavy atom. The summed E-state index contributed by atoms with van der Waals surface area (Å²) >= 11 is 0. The Kier molecular flexibility index (Phi) is 8.40. The van der Waals surface area contributed by atoms with E-state index >= 15 is 0 Å². The molecular weight excluding hydrogens is 436 g/mol. The average Bonchev–Trinajstić information content (AvgIpc) is 3.20. The SMILES string of the molecule is COC(=O)CC(C)N(CC(=O)c1ccc(O)c2[nH]c(C(=O)O)cc12)Cc1ccccc1.Cl. The number of benzene rings is 2. The van der Waals surface area contributed by atoms with E-state index in [2.05, 4.69) is 4.98 Å². The number of hydrogen-bond acceptors (Lipinski definition) is 6. The maximum Gasteiger partial charge on any atom is 0.352 e. The second-order valence-corrected chi connectivity index (χ2v) is 7.35. The Labute approximate surface area is 191 Å². The largest absolute Gasteiger partial charge is 0.506 e. The molecule has 0 fully saturated rings. The van der Waals surface area contributed by atoms with Crippen molar-refractivity contribution in [3.8, 4) is 5.75 Å². The number of rotatable bonds is 9. The number of aromatic hydroxyl groups is 1. The van der Waals surface area contributed by atoms with Crippen molar-refractivity contribution in [3.05, 3.63) is 65.4 Å². The van der Waals surface area contributed by atoms with Gasteiger partial charge < -0.3 is 19.9 Å². The summed E-state index contributed by atoms with van der Waals surface area (Å²) < 4.78 is 4.77. The maximum atomic E-state index is 13.2. The average molecular weight is 461 g/mol. The van der Waals surface area contributed by atoms with Crippen LogP contribution in [0.2, 0.25) is 0 Å². The number of fused-ring (bicyclic) bond motifs is 1. The number of phenolic OH excluding ortho intramolecular Hbond substituents is 1. The first kappa shape index (κ1) is 24.9. The fraction of sp³-hybridized carbons (Fsp3) is 0.261. The van der Waals surface area contributed by atoms with Crippen molar-refractivity contribution in [2.24, 2.45) is 0 Å². The number of carbonyl (C=O) groups is 3. The molecule has 0 amide bonds. The van der Waals surface area contributed by atoms with Gasteiger partial charge in [-0.2, -0.15) is 0 Å². The molecule has 32 heavy (non-hydrogen) atoms. The number of esters is 1. The van der Waals surface area contributed by atoms with Gasteiger partial charge in [0.1, 0.15) is 11.4 Å². The van der Waals surface area contributed by atoms with Gasteiger partial charge in [-0.3, -0.25) is 14.5 Å². The number of aromatic carboxylic acids is 1. The Balaban J connectivity index is 0.00000363. The molecule has 0 aliphatic heterocycles. The number of ketones is 1. The highest BCUT2D eigenvalue weighted by molar-refractivity contribution is 6.11. The highest BCUT2D eigenvalue weighted by Gasteiger charge is 2.23. The van der Waals surface area contributed by atoms with Gasteiger partial charge in [-0.25, -0.2) is 4.79 Å². The smallest absolute Gasteiger partial charge is 0.352 e. The minimum Gasteiger partial charge on any atom is -0.506 e. The van der Waals surface area contributed by atoms with Crippen molar-refractivity contribution in [1.29, 1.82) is 0 Å². The molecule has 3 aromatic rings. The first-order valence-corrected chi connectivity index (χ1v) is 9.76. The number of methoxy groups -OCH3 is 1. The predicted octanol–water partition coefficient (Wildman–Crippen LogP) is 3.63. The number of carbonyl (C=O) groups excluding carboxylic acids is 2. The summed E-state index contributed by atoms with van der Waals surface area (Å²) in [5.41, 5.74) is 1.35. The van der Waals surface area contributed by atoms with E-state index in [1.807, 2.05) is 42.2 Å². The van der Waals surface area contributed by atoms with Crippen LogP contribution in [0.3, 0.4) is 0 Å². The lowest BCUT2D eigenvalue weighted by atomic mass is 10.0. The Morgan fingerprint density at radius 2 is 1.81 bits per heavy atom. The van der Waals surface area contributed by atoms with Gasteiger partial charge in [0, 0.05) is 23.5 Å². The van der Waals surface area contributed by atoms with Crippen LogP contribution in [0.5, 0.6) is 5.75 Å². The van der Waals surface area contributed by atoms with E-state index in [4.69, 9.17) is 4.74 Å². The zero-order valence-corrected chi connectivity index (χ0v) is 18.5. The van der Waals surface area contributed by atoms with Gasteiger partial charge in [-0.1, -0.05) is 30.3 Å². The van der Waals surface area contributed by atoms with E-state index in [9.17, 15) is 24.6 Å². The van der Waals surface area contributed by atoms with E-state index in [-0.39, 0.29) is 60.1 Å². The minimum absolute atomic E-state index is 0. The molecule has 9 heteroatoms. The van der Waals surface area contributed by atoms with Crippen LogP contribution in [0.25, 0.3) is 10.9 Å².